The van der Waals surface area contributed by atoms with Crippen molar-refractivity contribution in [1.29, 1.82) is 0 Å². The third-order valence-electron chi connectivity index (χ3n) is 7.13. The second-order valence-electron chi connectivity index (χ2n) is 9.81. The number of hydrogen-bond donors (Lipinski definition) is 2. The van der Waals surface area contributed by atoms with Crippen molar-refractivity contribution in [3.63, 3.8) is 0 Å². The van der Waals surface area contributed by atoms with E-state index in [1.165, 1.54) is 0 Å². The fourth-order valence-electron chi connectivity index (χ4n) is 5.24. The van der Waals surface area contributed by atoms with Crippen LogP contribution in [-0.4, -0.2) is 39.8 Å². The van der Waals surface area contributed by atoms with E-state index in [2.05, 4.69) is 32.3 Å². The number of amides is 2. The molecule has 0 saturated carbocycles. The second-order valence-corrected chi connectivity index (χ2v) is 9.81. The molecule has 7 nitrogen and oxygen atoms in total. The van der Waals surface area contributed by atoms with Crippen LogP contribution in [0.5, 0.6) is 0 Å². The summed E-state index contributed by atoms with van der Waals surface area (Å²) >= 11 is 0. The van der Waals surface area contributed by atoms with Crippen LogP contribution in [0.25, 0.3) is 10.8 Å². The highest BCUT2D eigenvalue weighted by Gasteiger charge is 2.25. The van der Waals surface area contributed by atoms with Crippen LogP contribution >= 0.6 is 0 Å². The van der Waals surface area contributed by atoms with Crippen LogP contribution in [0, 0.1) is 0 Å². The summed E-state index contributed by atoms with van der Waals surface area (Å²) in [6.07, 6.45) is 3.75. The van der Waals surface area contributed by atoms with Crippen LogP contribution in [0.4, 0.5) is 11.4 Å². The smallest absolute Gasteiger partial charge is 0.254 e. The standard InChI is InChI=1S/C32H29N5O2/c38-31(35-26-9-2-1-3-10-26)18-23-13-14-30-25(17-23)20-37(16-15-36(30)21-27-19-33-22-34-27)32(39)29-12-6-8-24-7-4-5-11-28(24)29/h1-14,17,19,22H,15-16,18,20-21H2,(H,33,34)(H,35,38). The van der Waals surface area contributed by atoms with E-state index in [-0.39, 0.29) is 18.2 Å². The first-order valence-corrected chi connectivity index (χ1v) is 13.1. The topological polar surface area (TPSA) is 81.3 Å². The molecule has 2 N–H and O–H groups in total. The molecule has 194 valence electrons. The quantitative estimate of drug-likeness (QED) is 0.317. The molecule has 2 heterocycles. The molecule has 4 aromatic carbocycles. The zero-order chi connectivity index (χ0) is 26.6. The minimum absolute atomic E-state index is 0.00774. The molecule has 0 aliphatic carbocycles. The number of para-hydroxylation sites is 1. The van der Waals surface area contributed by atoms with Gasteiger partial charge in [-0.15, -0.1) is 0 Å². The van der Waals surface area contributed by atoms with Crippen molar-refractivity contribution in [2.75, 3.05) is 23.3 Å². The highest BCUT2D eigenvalue weighted by atomic mass is 16.2. The van der Waals surface area contributed by atoms with Crippen molar-refractivity contribution in [1.82, 2.24) is 14.9 Å². The van der Waals surface area contributed by atoms with Crippen molar-refractivity contribution in [3.8, 4) is 0 Å². The Morgan fingerprint density at radius 1 is 0.897 bits per heavy atom. The fraction of sp³-hybridized carbons (Fsp3) is 0.156. The van der Waals surface area contributed by atoms with Gasteiger partial charge in [-0.25, -0.2) is 4.98 Å². The lowest BCUT2D eigenvalue weighted by atomic mass is 10.0. The van der Waals surface area contributed by atoms with Crippen LogP contribution in [0.15, 0.2) is 104 Å². The number of carbonyl (C=O) groups excluding carboxylic acids is 2. The maximum atomic E-state index is 13.9. The summed E-state index contributed by atoms with van der Waals surface area (Å²) in [4.78, 5) is 38.2. The molecule has 1 aromatic heterocycles. The van der Waals surface area contributed by atoms with Gasteiger partial charge in [0.2, 0.25) is 5.91 Å². The number of aromatic amines is 1. The van der Waals surface area contributed by atoms with Gasteiger partial charge in [-0.3, -0.25) is 9.59 Å². The lowest BCUT2D eigenvalue weighted by Crippen LogP contribution is -2.35. The summed E-state index contributed by atoms with van der Waals surface area (Å²) in [5.41, 5.74) is 5.46. The molecular weight excluding hydrogens is 486 g/mol. The average molecular weight is 516 g/mol. The molecule has 0 saturated heterocycles. The first kappa shape index (κ1) is 24.4. The minimum Gasteiger partial charge on any atom is -0.364 e. The van der Waals surface area contributed by atoms with Gasteiger partial charge in [0.25, 0.3) is 5.91 Å². The van der Waals surface area contributed by atoms with Crippen LogP contribution in [0.3, 0.4) is 0 Å². The SMILES string of the molecule is O=C(Cc1ccc2c(c1)CN(C(=O)c1cccc3ccccc13)CCN2Cc1cnc[nH]1)Nc1ccccc1. The number of aromatic nitrogens is 2. The molecule has 6 rings (SSSR count). The summed E-state index contributed by atoms with van der Waals surface area (Å²) in [6.45, 7) is 2.37. The number of imidazole rings is 1. The number of rotatable bonds is 6. The third-order valence-corrected chi connectivity index (χ3v) is 7.13. The van der Waals surface area contributed by atoms with Gasteiger partial charge in [0, 0.05) is 42.8 Å². The molecule has 7 heteroatoms. The molecule has 0 atom stereocenters. The van der Waals surface area contributed by atoms with Crippen molar-refractivity contribution >= 4 is 34.0 Å². The Hall–Kier alpha value is -4.91. The van der Waals surface area contributed by atoms with Crippen molar-refractivity contribution in [3.05, 3.63) is 126 Å². The van der Waals surface area contributed by atoms with Gasteiger partial charge in [-0.2, -0.15) is 0 Å². The van der Waals surface area contributed by atoms with E-state index in [1.807, 2.05) is 90.0 Å². The number of H-pyrrole nitrogens is 1. The molecule has 0 bridgehead atoms. The van der Waals surface area contributed by atoms with E-state index in [4.69, 9.17) is 0 Å². The van der Waals surface area contributed by atoms with Crippen LogP contribution in [0.2, 0.25) is 0 Å². The van der Waals surface area contributed by atoms with Gasteiger partial charge < -0.3 is 20.1 Å². The number of nitrogens with zero attached hydrogens (tertiary/aromatic N) is 3. The summed E-state index contributed by atoms with van der Waals surface area (Å²) in [7, 11) is 0. The first-order chi connectivity index (χ1) is 19.1. The van der Waals surface area contributed by atoms with E-state index in [0.717, 1.165) is 39.0 Å². The van der Waals surface area contributed by atoms with Gasteiger partial charge in [-0.1, -0.05) is 66.7 Å². The lowest BCUT2D eigenvalue weighted by molar-refractivity contribution is -0.115. The van der Waals surface area contributed by atoms with Crippen LogP contribution < -0.4 is 10.2 Å². The Balaban J connectivity index is 1.30. The molecule has 0 radical (unpaired) electrons. The summed E-state index contributed by atoms with van der Waals surface area (Å²) in [5.74, 6) is -0.0684. The summed E-state index contributed by atoms with van der Waals surface area (Å²) in [5, 5.41) is 4.96. The Morgan fingerprint density at radius 2 is 1.72 bits per heavy atom. The maximum absolute atomic E-state index is 13.9. The van der Waals surface area contributed by atoms with Gasteiger partial charge in [0.1, 0.15) is 0 Å². The zero-order valence-electron chi connectivity index (χ0n) is 21.5. The van der Waals surface area contributed by atoms with Crippen LogP contribution in [-0.2, 0) is 24.3 Å². The van der Waals surface area contributed by atoms with E-state index in [0.29, 0.717) is 31.7 Å². The molecule has 2 amide bonds. The predicted octanol–water partition coefficient (Wildman–Crippen LogP) is 5.41. The lowest BCUT2D eigenvalue weighted by Gasteiger charge is -2.24. The van der Waals surface area contributed by atoms with Crippen molar-refractivity contribution in [2.45, 2.75) is 19.5 Å². The Labute approximate surface area is 227 Å². The van der Waals surface area contributed by atoms with Crippen molar-refractivity contribution in [2.24, 2.45) is 0 Å². The van der Waals surface area contributed by atoms with E-state index >= 15 is 0 Å². The van der Waals surface area contributed by atoms with Gasteiger partial charge in [0.15, 0.2) is 0 Å². The Kier molecular flexibility index (Phi) is 6.78. The number of fused-ring (bicyclic) bond motifs is 2. The van der Waals surface area contributed by atoms with E-state index in [1.54, 1.807) is 6.33 Å². The molecule has 0 fully saturated rings. The largest absolute Gasteiger partial charge is 0.364 e. The third kappa shape index (κ3) is 5.38. The molecule has 0 unspecified atom stereocenters. The Morgan fingerprint density at radius 3 is 2.56 bits per heavy atom. The van der Waals surface area contributed by atoms with E-state index < -0.39 is 0 Å². The van der Waals surface area contributed by atoms with Gasteiger partial charge in [-0.05, 0) is 46.2 Å². The number of benzene rings is 4. The molecule has 1 aliphatic heterocycles. The minimum atomic E-state index is -0.0761. The number of anilines is 2. The number of nitrogens with one attached hydrogen (secondary N) is 2. The normalized spacial score (nSPS) is 13.1. The summed E-state index contributed by atoms with van der Waals surface area (Å²) in [6, 6.07) is 29.5. The van der Waals surface area contributed by atoms with Crippen molar-refractivity contribution < 1.29 is 9.59 Å². The molecule has 5 aromatic rings. The average Bonchev–Trinajstić information content (AvgIpc) is 3.41. The number of carbonyl (C=O) groups is 2. The molecular formula is C32H29N5O2. The molecule has 39 heavy (non-hydrogen) atoms. The monoisotopic (exact) mass is 515 g/mol. The first-order valence-electron chi connectivity index (χ1n) is 13.1. The molecule has 1 aliphatic rings. The van der Waals surface area contributed by atoms with Crippen LogP contribution in [0.1, 0.15) is 27.2 Å². The van der Waals surface area contributed by atoms with Gasteiger partial charge in [0.05, 0.1) is 25.0 Å². The predicted molar refractivity (Wildman–Crippen MR) is 154 cm³/mol. The van der Waals surface area contributed by atoms with Gasteiger partial charge >= 0.3 is 0 Å². The second kappa shape index (κ2) is 10.8. The highest BCUT2D eigenvalue weighted by Crippen LogP contribution is 2.30. The maximum Gasteiger partial charge on any atom is 0.254 e. The molecule has 0 spiro atoms. The Bertz CT molecular complexity index is 1610. The zero-order valence-corrected chi connectivity index (χ0v) is 21.5. The summed E-state index contributed by atoms with van der Waals surface area (Å²) < 4.78 is 0. The highest BCUT2D eigenvalue weighted by molar-refractivity contribution is 6.07. The fourth-order valence-corrected chi connectivity index (χ4v) is 5.24. The van der Waals surface area contributed by atoms with E-state index in [9.17, 15) is 9.59 Å². The number of hydrogen-bond acceptors (Lipinski definition) is 4.